The molecule has 0 aromatic rings. The van der Waals surface area contributed by atoms with Gasteiger partial charge in [-0.25, -0.2) is 5.48 Å². The third kappa shape index (κ3) is 5.26. The Balaban J connectivity index is 3.17. The summed E-state index contributed by atoms with van der Waals surface area (Å²) >= 11 is 0. The molecule has 0 heterocycles. The Morgan fingerprint density at radius 3 is 2.56 bits per heavy atom. The highest BCUT2D eigenvalue weighted by Crippen LogP contribution is 1.80. The van der Waals surface area contributed by atoms with E-state index in [0.717, 1.165) is 0 Å². The summed E-state index contributed by atoms with van der Waals surface area (Å²) in [6.07, 6.45) is 0.337. The lowest BCUT2D eigenvalue weighted by molar-refractivity contribution is -0.129. The molecule has 4 nitrogen and oxygen atoms in total. The fourth-order valence-electron chi connectivity index (χ4n) is 0.381. The lowest BCUT2D eigenvalue weighted by Crippen LogP contribution is -2.24. The first-order valence-electron chi connectivity index (χ1n) is 2.74. The molecule has 0 spiro atoms. The van der Waals surface area contributed by atoms with Gasteiger partial charge in [-0.1, -0.05) is 0 Å². The zero-order chi connectivity index (χ0) is 7.28. The van der Waals surface area contributed by atoms with Crippen LogP contribution < -0.4 is 5.48 Å². The van der Waals surface area contributed by atoms with Crippen molar-refractivity contribution in [3.8, 4) is 0 Å². The van der Waals surface area contributed by atoms with E-state index < -0.39 is 0 Å². The average molecular weight is 132 g/mol. The Bertz CT molecular complexity index is 93.0. The summed E-state index contributed by atoms with van der Waals surface area (Å²) in [5, 5.41) is 8.03. The summed E-state index contributed by atoms with van der Waals surface area (Å²) in [5.41, 5.74) is 1.55. The van der Waals surface area contributed by atoms with Gasteiger partial charge in [0, 0.05) is 13.0 Å². The van der Waals surface area contributed by atoms with E-state index in [0.29, 0.717) is 13.0 Å². The van der Waals surface area contributed by atoms with Crippen molar-refractivity contribution in [1.29, 1.82) is 0 Å². The molecule has 0 fully saturated rings. The van der Waals surface area contributed by atoms with Crippen molar-refractivity contribution in [2.45, 2.75) is 6.42 Å². The minimum absolute atomic E-state index is 0.337. The maximum Gasteiger partial charge on any atom is 0.244 e. The zero-order valence-electron chi connectivity index (χ0n) is 5.72. The predicted molar refractivity (Wildman–Crippen MR) is 33.1 cm³/mol. The molecule has 0 rings (SSSR count). The fourth-order valence-corrected chi connectivity index (χ4v) is 0.381. The number of rotatable bonds is 3. The van der Waals surface area contributed by atoms with Crippen LogP contribution in [0.3, 0.4) is 0 Å². The van der Waals surface area contributed by atoms with E-state index in [2.05, 4.69) is 0 Å². The molecule has 0 aliphatic heterocycles. The first kappa shape index (κ1) is 8.39. The second-order valence-electron chi connectivity index (χ2n) is 2.09. The Morgan fingerprint density at radius 1 is 1.67 bits per heavy atom. The van der Waals surface area contributed by atoms with E-state index in [-0.39, 0.29) is 5.91 Å². The van der Waals surface area contributed by atoms with Crippen LogP contribution in [-0.2, 0) is 4.79 Å². The van der Waals surface area contributed by atoms with Gasteiger partial charge in [-0.05, 0) is 14.1 Å². The van der Waals surface area contributed by atoms with Crippen LogP contribution in [0.1, 0.15) is 6.42 Å². The SMILES string of the molecule is CN(C)CCC(=O)NO. The number of hydroxylamine groups is 1. The van der Waals surface area contributed by atoms with Crippen molar-refractivity contribution < 1.29 is 10.0 Å². The van der Waals surface area contributed by atoms with Crippen LogP contribution in [0.5, 0.6) is 0 Å². The number of hydrogen-bond acceptors (Lipinski definition) is 3. The molecule has 9 heavy (non-hydrogen) atoms. The number of carbonyl (C=O) groups is 1. The van der Waals surface area contributed by atoms with Crippen LogP contribution in [-0.4, -0.2) is 36.7 Å². The summed E-state index contributed by atoms with van der Waals surface area (Å²) < 4.78 is 0. The number of carbonyl (C=O) groups excluding carboxylic acids is 1. The molecule has 0 atom stereocenters. The Hall–Kier alpha value is -0.610. The van der Waals surface area contributed by atoms with Gasteiger partial charge in [0.2, 0.25) is 5.91 Å². The summed E-state index contributed by atoms with van der Waals surface area (Å²) in [5.74, 6) is -0.344. The molecule has 54 valence electrons. The number of nitrogens with one attached hydrogen (secondary N) is 1. The van der Waals surface area contributed by atoms with Crippen molar-refractivity contribution in [3.63, 3.8) is 0 Å². The van der Waals surface area contributed by atoms with E-state index in [1.807, 2.05) is 19.0 Å². The van der Waals surface area contributed by atoms with Crippen molar-refractivity contribution in [3.05, 3.63) is 0 Å². The molecule has 0 saturated heterocycles. The second kappa shape index (κ2) is 4.29. The van der Waals surface area contributed by atoms with Gasteiger partial charge in [-0.15, -0.1) is 0 Å². The van der Waals surface area contributed by atoms with Gasteiger partial charge < -0.3 is 4.90 Å². The van der Waals surface area contributed by atoms with Crippen molar-refractivity contribution in [2.24, 2.45) is 0 Å². The molecule has 4 heteroatoms. The van der Waals surface area contributed by atoms with E-state index in [1.165, 1.54) is 0 Å². The van der Waals surface area contributed by atoms with Gasteiger partial charge in [0.1, 0.15) is 0 Å². The van der Waals surface area contributed by atoms with E-state index in [1.54, 1.807) is 5.48 Å². The maximum absolute atomic E-state index is 10.3. The van der Waals surface area contributed by atoms with Gasteiger partial charge >= 0.3 is 0 Å². The normalized spacial score (nSPS) is 9.78. The molecule has 0 aliphatic carbocycles. The molecule has 0 radical (unpaired) electrons. The van der Waals surface area contributed by atoms with Gasteiger partial charge in [-0.3, -0.25) is 10.0 Å². The van der Waals surface area contributed by atoms with Crippen molar-refractivity contribution >= 4 is 5.91 Å². The first-order valence-corrected chi connectivity index (χ1v) is 2.74. The number of amides is 1. The Labute approximate surface area is 54.4 Å². The van der Waals surface area contributed by atoms with Gasteiger partial charge in [-0.2, -0.15) is 0 Å². The Morgan fingerprint density at radius 2 is 2.22 bits per heavy atom. The molecule has 0 aromatic heterocycles. The molecular weight excluding hydrogens is 120 g/mol. The smallest absolute Gasteiger partial charge is 0.244 e. The molecular formula is C5H12N2O2. The largest absolute Gasteiger partial charge is 0.309 e. The van der Waals surface area contributed by atoms with Crippen molar-refractivity contribution in [2.75, 3.05) is 20.6 Å². The lowest BCUT2D eigenvalue weighted by Gasteiger charge is -2.06. The van der Waals surface area contributed by atoms with Gasteiger partial charge in [0.15, 0.2) is 0 Å². The summed E-state index contributed by atoms with van der Waals surface area (Å²) in [6.45, 7) is 0.659. The van der Waals surface area contributed by atoms with Crippen LogP contribution in [0.2, 0.25) is 0 Å². The van der Waals surface area contributed by atoms with Crippen LogP contribution in [0.25, 0.3) is 0 Å². The Kier molecular flexibility index (Phi) is 4.00. The second-order valence-corrected chi connectivity index (χ2v) is 2.09. The summed E-state index contributed by atoms with van der Waals surface area (Å²) in [4.78, 5) is 12.2. The molecule has 0 saturated carbocycles. The third-order valence-electron chi connectivity index (χ3n) is 0.911. The topological polar surface area (TPSA) is 52.6 Å². The summed E-state index contributed by atoms with van der Waals surface area (Å²) in [6, 6.07) is 0. The third-order valence-corrected chi connectivity index (χ3v) is 0.911. The van der Waals surface area contributed by atoms with E-state index in [4.69, 9.17) is 5.21 Å². The van der Waals surface area contributed by atoms with Crippen LogP contribution >= 0.6 is 0 Å². The zero-order valence-corrected chi connectivity index (χ0v) is 5.72. The highest BCUT2D eigenvalue weighted by atomic mass is 16.5. The predicted octanol–water partition coefficient (Wildman–Crippen LogP) is -0.556. The highest BCUT2D eigenvalue weighted by molar-refractivity contribution is 5.74. The molecule has 1 amide bonds. The molecule has 2 N–H and O–H groups in total. The van der Waals surface area contributed by atoms with Crippen LogP contribution in [0.4, 0.5) is 0 Å². The molecule has 0 unspecified atom stereocenters. The van der Waals surface area contributed by atoms with Gasteiger partial charge in [0.25, 0.3) is 0 Å². The first-order chi connectivity index (χ1) is 4.16. The average Bonchev–Trinajstić information content (AvgIpc) is 1.83. The summed E-state index contributed by atoms with van der Waals surface area (Å²) in [7, 11) is 3.73. The standard InChI is InChI=1S/C5H12N2O2/c1-7(2)4-3-5(8)6-9/h9H,3-4H2,1-2H3,(H,6,8). The lowest BCUT2D eigenvalue weighted by atomic mass is 10.4. The number of hydrogen-bond donors (Lipinski definition) is 2. The number of nitrogens with zero attached hydrogens (tertiary/aromatic N) is 1. The molecule has 0 bridgehead atoms. The quantitative estimate of drug-likeness (QED) is 0.400. The maximum atomic E-state index is 10.3. The monoisotopic (exact) mass is 132 g/mol. The molecule has 0 aliphatic rings. The minimum Gasteiger partial charge on any atom is -0.309 e. The highest BCUT2D eigenvalue weighted by Gasteiger charge is 1.97. The van der Waals surface area contributed by atoms with Crippen molar-refractivity contribution in [1.82, 2.24) is 10.4 Å². The van der Waals surface area contributed by atoms with Gasteiger partial charge in [0.05, 0.1) is 0 Å². The van der Waals surface area contributed by atoms with E-state index >= 15 is 0 Å². The molecule has 0 aromatic carbocycles. The van der Waals surface area contributed by atoms with E-state index in [9.17, 15) is 4.79 Å². The van der Waals surface area contributed by atoms with Crippen LogP contribution in [0, 0.1) is 0 Å². The fraction of sp³-hybridized carbons (Fsp3) is 0.800. The minimum atomic E-state index is -0.344. The van der Waals surface area contributed by atoms with Crippen LogP contribution in [0.15, 0.2) is 0 Å².